The Kier molecular flexibility index (Phi) is 12.4. The molecule has 0 aromatic heterocycles. The Morgan fingerprint density at radius 3 is 1.45 bits per heavy atom. The number of rotatable bonds is 14. The first-order valence-corrected chi connectivity index (χ1v) is 22.8. The molecule has 6 aromatic carbocycles. The summed E-state index contributed by atoms with van der Waals surface area (Å²) in [4.78, 5) is 26.6. The van der Waals surface area contributed by atoms with Crippen LogP contribution in [0.3, 0.4) is 0 Å². The van der Waals surface area contributed by atoms with Crippen LogP contribution in [0.5, 0.6) is 23.0 Å². The Hall–Kier alpha value is -6.62. The van der Waals surface area contributed by atoms with Crippen LogP contribution >= 0.6 is 0 Å². The molecule has 0 atom stereocenters. The van der Waals surface area contributed by atoms with Crippen LogP contribution in [-0.2, 0) is 33.5 Å². The zero-order valence-corrected chi connectivity index (χ0v) is 37.7. The highest BCUT2D eigenvalue weighted by molar-refractivity contribution is 6.03. The SMILES string of the molecule is Cc1ccc(NC(=O)C2(c3ccc4c(c3)OCO4)CC2)cc1-c1ccc(CN)cc1.Cc1ccc(NC(=O)C2(c3ccc4c(c3)OCO4)CC2)cc1-c1ccc(CNCCC(C)C)cc1. The number of hydrogen-bond donors (Lipinski definition) is 4. The van der Waals surface area contributed by atoms with E-state index in [1.165, 1.54) is 17.5 Å². The molecule has 2 fully saturated rings. The summed E-state index contributed by atoms with van der Waals surface area (Å²) in [5, 5.41) is 9.84. The smallest absolute Gasteiger partial charge is 0.235 e. The number of ether oxygens (including phenoxy) is 4. The molecule has 2 saturated carbocycles. The summed E-state index contributed by atoms with van der Waals surface area (Å²) in [6.07, 6.45) is 4.52. The lowest BCUT2D eigenvalue weighted by Crippen LogP contribution is -2.27. The van der Waals surface area contributed by atoms with E-state index in [9.17, 15) is 9.59 Å². The van der Waals surface area contributed by atoms with Gasteiger partial charge in [-0.2, -0.15) is 0 Å². The second-order valence-electron chi connectivity index (χ2n) is 18.2. The molecule has 10 nitrogen and oxygen atoms in total. The molecule has 0 spiro atoms. The highest BCUT2D eigenvalue weighted by Crippen LogP contribution is 2.52. The van der Waals surface area contributed by atoms with Crippen molar-refractivity contribution in [2.75, 3.05) is 30.8 Å². The van der Waals surface area contributed by atoms with Crippen LogP contribution in [-0.4, -0.2) is 31.9 Å². The van der Waals surface area contributed by atoms with Gasteiger partial charge < -0.3 is 40.6 Å². The third kappa shape index (κ3) is 9.46. The van der Waals surface area contributed by atoms with E-state index in [4.69, 9.17) is 24.7 Å². The van der Waals surface area contributed by atoms with E-state index in [2.05, 4.69) is 92.2 Å². The molecule has 334 valence electrons. The van der Waals surface area contributed by atoms with E-state index in [1.807, 2.05) is 72.8 Å². The first-order chi connectivity index (χ1) is 31.5. The van der Waals surface area contributed by atoms with Gasteiger partial charge in [-0.25, -0.2) is 0 Å². The van der Waals surface area contributed by atoms with Gasteiger partial charge in [0.1, 0.15) is 0 Å². The van der Waals surface area contributed by atoms with Crippen LogP contribution in [0.15, 0.2) is 121 Å². The number of anilines is 2. The minimum atomic E-state index is -0.491. The second kappa shape index (κ2) is 18.5. The summed E-state index contributed by atoms with van der Waals surface area (Å²) in [6, 6.07) is 40.8. The number of hydrogen-bond acceptors (Lipinski definition) is 8. The fourth-order valence-corrected chi connectivity index (χ4v) is 8.70. The zero-order valence-electron chi connectivity index (χ0n) is 37.7. The Morgan fingerprint density at radius 1 is 0.569 bits per heavy atom. The Labute approximate surface area is 381 Å². The molecule has 2 amide bonds. The van der Waals surface area contributed by atoms with Gasteiger partial charge in [0.15, 0.2) is 23.0 Å². The molecule has 4 aliphatic rings. The van der Waals surface area contributed by atoms with E-state index in [0.717, 1.165) is 112 Å². The molecular formula is C55H58N4O6. The number of carbonyl (C=O) groups is 2. The predicted octanol–water partition coefficient (Wildman–Crippen LogP) is 10.7. The van der Waals surface area contributed by atoms with Crippen molar-refractivity contribution in [3.05, 3.63) is 155 Å². The normalized spacial score (nSPS) is 15.5. The predicted molar refractivity (Wildman–Crippen MR) is 256 cm³/mol. The van der Waals surface area contributed by atoms with E-state index < -0.39 is 10.8 Å². The van der Waals surface area contributed by atoms with Crippen molar-refractivity contribution in [1.29, 1.82) is 0 Å². The van der Waals surface area contributed by atoms with Gasteiger partial charge in [-0.1, -0.05) is 86.6 Å². The van der Waals surface area contributed by atoms with E-state index in [0.29, 0.717) is 18.2 Å². The maximum atomic E-state index is 13.4. The van der Waals surface area contributed by atoms with Gasteiger partial charge in [-0.05, 0) is 163 Å². The lowest BCUT2D eigenvalue weighted by Gasteiger charge is -2.17. The van der Waals surface area contributed by atoms with Crippen LogP contribution in [0.4, 0.5) is 11.4 Å². The molecule has 0 bridgehead atoms. The van der Waals surface area contributed by atoms with Gasteiger partial charge in [0.25, 0.3) is 0 Å². The summed E-state index contributed by atoms with van der Waals surface area (Å²) in [7, 11) is 0. The van der Waals surface area contributed by atoms with Crippen LogP contribution in [0.1, 0.15) is 79.3 Å². The van der Waals surface area contributed by atoms with Crippen molar-refractivity contribution in [3.63, 3.8) is 0 Å². The van der Waals surface area contributed by atoms with Crippen molar-refractivity contribution in [1.82, 2.24) is 5.32 Å². The number of nitrogens with one attached hydrogen (secondary N) is 3. The number of aryl methyl sites for hydroxylation is 2. The Morgan fingerprint density at radius 2 is 1.02 bits per heavy atom. The second-order valence-corrected chi connectivity index (χ2v) is 18.2. The van der Waals surface area contributed by atoms with Gasteiger partial charge in [0.2, 0.25) is 25.4 Å². The number of benzene rings is 6. The summed E-state index contributed by atoms with van der Waals surface area (Å²) < 4.78 is 21.8. The third-order valence-electron chi connectivity index (χ3n) is 13.2. The summed E-state index contributed by atoms with van der Waals surface area (Å²) in [5.74, 6) is 3.68. The highest BCUT2D eigenvalue weighted by Gasteiger charge is 2.52. The molecule has 65 heavy (non-hydrogen) atoms. The van der Waals surface area contributed by atoms with Gasteiger partial charge in [-0.15, -0.1) is 0 Å². The lowest BCUT2D eigenvalue weighted by atomic mass is 9.94. The van der Waals surface area contributed by atoms with Gasteiger partial charge in [-0.3, -0.25) is 9.59 Å². The average Bonchev–Trinajstić information content (AvgIpc) is 4.22. The van der Waals surface area contributed by atoms with Gasteiger partial charge >= 0.3 is 0 Å². The van der Waals surface area contributed by atoms with Crippen molar-refractivity contribution in [3.8, 4) is 45.3 Å². The van der Waals surface area contributed by atoms with Gasteiger partial charge in [0.05, 0.1) is 10.8 Å². The van der Waals surface area contributed by atoms with Crippen LogP contribution in [0.25, 0.3) is 22.3 Å². The minimum Gasteiger partial charge on any atom is -0.454 e. The molecule has 2 aliphatic heterocycles. The number of amides is 2. The van der Waals surface area contributed by atoms with Gasteiger partial charge in [0, 0.05) is 24.5 Å². The quantitative estimate of drug-likeness (QED) is 0.0796. The maximum absolute atomic E-state index is 13.4. The number of nitrogens with two attached hydrogens (primary N) is 1. The molecule has 2 heterocycles. The average molecular weight is 871 g/mol. The van der Waals surface area contributed by atoms with Crippen LogP contribution < -0.4 is 40.6 Å². The summed E-state index contributed by atoms with van der Waals surface area (Å²) in [6.45, 7) is 11.6. The molecule has 0 radical (unpaired) electrons. The van der Waals surface area contributed by atoms with E-state index in [-0.39, 0.29) is 25.4 Å². The minimum absolute atomic E-state index is 0.0228. The van der Waals surface area contributed by atoms with E-state index in [1.54, 1.807) is 0 Å². The molecule has 10 heteroatoms. The molecular weight excluding hydrogens is 813 g/mol. The first-order valence-electron chi connectivity index (χ1n) is 22.8. The molecule has 0 unspecified atom stereocenters. The third-order valence-corrected chi connectivity index (χ3v) is 13.2. The first kappa shape index (κ1) is 43.6. The number of fused-ring (bicyclic) bond motifs is 2. The summed E-state index contributed by atoms with van der Waals surface area (Å²) in [5.41, 5.74) is 17.5. The summed E-state index contributed by atoms with van der Waals surface area (Å²) >= 11 is 0. The largest absolute Gasteiger partial charge is 0.454 e. The van der Waals surface area contributed by atoms with Crippen LogP contribution in [0.2, 0.25) is 0 Å². The molecule has 10 rings (SSSR count). The zero-order chi connectivity index (χ0) is 45.1. The monoisotopic (exact) mass is 870 g/mol. The standard InChI is InChI=1S/C30H34N2O3.C25H24N2O3/c1-20(2)12-15-31-18-22-5-7-23(8-6-22)26-17-25(10-4-21(26)3)32-29(33)30(13-14-30)24-9-11-27-28(16-24)35-19-34-27;1-16-2-8-20(13-21(16)18-5-3-17(14-26)4-6-18)27-24(28)25(10-11-25)19-7-9-22-23(12-19)30-15-29-22/h4-11,16-17,20,31H,12-15,18-19H2,1-3H3,(H,32,33);2-9,12-13H,10-11,14-15,26H2,1H3,(H,27,28). The molecule has 2 aliphatic carbocycles. The molecule has 0 saturated heterocycles. The van der Waals surface area contributed by atoms with Crippen LogP contribution in [0, 0.1) is 19.8 Å². The number of carbonyl (C=O) groups excluding carboxylic acids is 2. The van der Waals surface area contributed by atoms with E-state index >= 15 is 0 Å². The highest BCUT2D eigenvalue weighted by atomic mass is 16.7. The fourth-order valence-electron chi connectivity index (χ4n) is 8.70. The van der Waals surface area contributed by atoms with Crippen molar-refractivity contribution >= 4 is 23.2 Å². The van der Waals surface area contributed by atoms with Crippen molar-refractivity contribution in [2.45, 2.75) is 83.7 Å². The maximum Gasteiger partial charge on any atom is 0.235 e. The Balaban J connectivity index is 0.000000166. The van der Waals surface area contributed by atoms with Crippen molar-refractivity contribution in [2.24, 2.45) is 11.7 Å². The molecule has 5 N–H and O–H groups in total. The van der Waals surface area contributed by atoms with Crippen molar-refractivity contribution < 1.29 is 28.5 Å². The molecule has 6 aromatic rings. The Bertz CT molecular complexity index is 2700. The fraction of sp³-hybridized carbons (Fsp3) is 0.309. The topological polar surface area (TPSA) is 133 Å². The lowest BCUT2D eigenvalue weighted by molar-refractivity contribution is -0.119.